The van der Waals surface area contributed by atoms with E-state index in [2.05, 4.69) is 15.2 Å². The molecule has 0 spiro atoms. The van der Waals surface area contributed by atoms with E-state index in [1.807, 2.05) is 6.92 Å². The van der Waals surface area contributed by atoms with Crippen LogP contribution in [0.3, 0.4) is 0 Å². The minimum Gasteiger partial charge on any atom is -0.493 e. The SMILES string of the molecule is Cc1ccc(Cl)c2c(N=NC(=O)c3cccc([N+](=O)[O-])c3)c(O)[nH]c12. The van der Waals surface area contributed by atoms with Gasteiger partial charge in [-0.3, -0.25) is 14.9 Å². The molecule has 0 aliphatic heterocycles. The van der Waals surface area contributed by atoms with Gasteiger partial charge in [0.15, 0.2) is 5.69 Å². The molecule has 0 fully saturated rings. The Morgan fingerprint density at radius 2 is 2.08 bits per heavy atom. The number of amides is 1. The first-order valence-corrected chi connectivity index (χ1v) is 7.46. The average Bonchev–Trinajstić information content (AvgIpc) is 2.94. The van der Waals surface area contributed by atoms with Gasteiger partial charge in [0.2, 0.25) is 5.88 Å². The number of aromatic hydroxyl groups is 1. The number of aromatic nitrogens is 1. The third-order valence-corrected chi connectivity index (χ3v) is 3.93. The molecule has 1 amide bonds. The van der Waals surface area contributed by atoms with E-state index in [-0.39, 0.29) is 22.8 Å². The summed E-state index contributed by atoms with van der Waals surface area (Å²) in [5.41, 5.74) is 1.24. The maximum Gasteiger partial charge on any atom is 0.295 e. The van der Waals surface area contributed by atoms with E-state index in [1.54, 1.807) is 12.1 Å². The highest BCUT2D eigenvalue weighted by atomic mass is 35.5. The van der Waals surface area contributed by atoms with Crippen molar-refractivity contribution in [3.05, 3.63) is 62.7 Å². The summed E-state index contributed by atoms with van der Waals surface area (Å²) in [4.78, 5) is 25.0. The van der Waals surface area contributed by atoms with Crippen molar-refractivity contribution < 1.29 is 14.8 Å². The van der Waals surface area contributed by atoms with Gasteiger partial charge in [-0.05, 0) is 24.6 Å². The van der Waals surface area contributed by atoms with Crippen LogP contribution < -0.4 is 0 Å². The van der Waals surface area contributed by atoms with Crippen LogP contribution in [0.2, 0.25) is 5.02 Å². The number of hydrogen-bond donors (Lipinski definition) is 2. The Morgan fingerprint density at radius 3 is 2.80 bits per heavy atom. The molecule has 0 saturated heterocycles. The minimum atomic E-state index is -0.777. The Labute approximate surface area is 145 Å². The maximum atomic E-state index is 12.1. The molecule has 1 heterocycles. The van der Waals surface area contributed by atoms with Gasteiger partial charge in [0.1, 0.15) is 0 Å². The van der Waals surface area contributed by atoms with E-state index >= 15 is 0 Å². The van der Waals surface area contributed by atoms with E-state index in [4.69, 9.17) is 11.6 Å². The van der Waals surface area contributed by atoms with Gasteiger partial charge in [0.05, 0.1) is 26.4 Å². The number of carbonyl (C=O) groups excluding carboxylic acids is 1. The molecule has 126 valence electrons. The number of hydrogen-bond acceptors (Lipinski definition) is 5. The van der Waals surface area contributed by atoms with Gasteiger partial charge >= 0.3 is 0 Å². The zero-order valence-electron chi connectivity index (χ0n) is 12.9. The first-order chi connectivity index (χ1) is 11.9. The van der Waals surface area contributed by atoms with E-state index in [0.717, 1.165) is 11.6 Å². The van der Waals surface area contributed by atoms with Crippen LogP contribution >= 0.6 is 11.6 Å². The number of azo groups is 1. The minimum absolute atomic E-state index is 0.0135. The van der Waals surface area contributed by atoms with Gasteiger partial charge in [-0.25, -0.2) is 0 Å². The Balaban J connectivity index is 2.00. The summed E-state index contributed by atoms with van der Waals surface area (Å²) in [6, 6.07) is 8.56. The van der Waals surface area contributed by atoms with Gasteiger partial charge in [-0.15, -0.1) is 10.2 Å². The molecule has 0 aliphatic rings. The van der Waals surface area contributed by atoms with Crippen molar-refractivity contribution in [3.63, 3.8) is 0 Å². The number of carbonyl (C=O) groups is 1. The average molecular weight is 359 g/mol. The number of H-pyrrole nitrogens is 1. The Kier molecular flexibility index (Phi) is 4.20. The van der Waals surface area contributed by atoms with Crippen LogP contribution in [0.1, 0.15) is 15.9 Å². The topological polar surface area (TPSA) is 121 Å². The van der Waals surface area contributed by atoms with Crippen molar-refractivity contribution in [2.45, 2.75) is 6.92 Å². The number of benzene rings is 2. The molecule has 0 radical (unpaired) electrons. The molecule has 2 N–H and O–H groups in total. The van der Waals surface area contributed by atoms with Crippen LogP contribution in [-0.4, -0.2) is 20.9 Å². The monoisotopic (exact) mass is 358 g/mol. The largest absolute Gasteiger partial charge is 0.493 e. The first kappa shape index (κ1) is 16.6. The van der Waals surface area contributed by atoms with Gasteiger partial charge in [-0.2, -0.15) is 0 Å². The number of fused-ring (bicyclic) bond motifs is 1. The van der Waals surface area contributed by atoms with Crippen LogP contribution in [0.25, 0.3) is 10.9 Å². The highest BCUT2D eigenvalue weighted by Gasteiger charge is 2.16. The van der Waals surface area contributed by atoms with Crippen LogP contribution in [0.5, 0.6) is 5.88 Å². The zero-order valence-corrected chi connectivity index (χ0v) is 13.6. The third-order valence-electron chi connectivity index (χ3n) is 3.61. The molecule has 0 unspecified atom stereocenters. The second-order valence-electron chi connectivity index (χ2n) is 5.25. The molecule has 25 heavy (non-hydrogen) atoms. The number of nitro groups is 1. The smallest absolute Gasteiger partial charge is 0.295 e. The number of nitro benzene ring substituents is 1. The molecule has 1 aromatic heterocycles. The fourth-order valence-electron chi connectivity index (χ4n) is 2.37. The van der Waals surface area contributed by atoms with Crippen LogP contribution in [0.15, 0.2) is 46.6 Å². The number of rotatable bonds is 3. The number of nitrogens with zero attached hydrogens (tertiary/aromatic N) is 3. The highest BCUT2D eigenvalue weighted by molar-refractivity contribution is 6.36. The fraction of sp³-hybridized carbons (Fsp3) is 0.0625. The van der Waals surface area contributed by atoms with Crippen molar-refractivity contribution in [2.24, 2.45) is 10.2 Å². The molecule has 0 saturated carbocycles. The number of nitrogens with one attached hydrogen (secondary N) is 1. The number of halogens is 1. The molecule has 0 bridgehead atoms. The second kappa shape index (κ2) is 6.33. The van der Waals surface area contributed by atoms with E-state index in [0.29, 0.717) is 15.9 Å². The Bertz CT molecular complexity index is 1040. The summed E-state index contributed by atoms with van der Waals surface area (Å²) in [5, 5.41) is 28.9. The summed E-state index contributed by atoms with van der Waals surface area (Å²) >= 11 is 6.14. The quantitative estimate of drug-likeness (QED) is 0.401. The number of aryl methyl sites for hydroxylation is 1. The molecule has 0 aliphatic carbocycles. The highest BCUT2D eigenvalue weighted by Crippen LogP contribution is 2.40. The number of non-ortho nitro benzene ring substituents is 1. The fourth-order valence-corrected chi connectivity index (χ4v) is 2.62. The summed E-state index contributed by atoms with van der Waals surface area (Å²) in [6.07, 6.45) is 0. The lowest BCUT2D eigenvalue weighted by Gasteiger charge is -1.98. The third kappa shape index (κ3) is 3.07. The summed E-state index contributed by atoms with van der Waals surface area (Å²) < 4.78 is 0. The Hall–Kier alpha value is -3.26. The van der Waals surface area contributed by atoms with Crippen LogP contribution in [-0.2, 0) is 0 Å². The van der Waals surface area contributed by atoms with Crippen LogP contribution in [0.4, 0.5) is 11.4 Å². The molecule has 0 atom stereocenters. The maximum absolute atomic E-state index is 12.1. The first-order valence-electron chi connectivity index (χ1n) is 7.08. The predicted octanol–water partition coefficient (Wildman–Crippen LogP) is 4.67. The number of aromatic amines is 1. The lowest BCUT2D eigenvalue weighted by atomic mass is 10.1. The lowest BCUT2D eigenvalue weighted by Crippen LogP contribution is -1.95. The van der Waals surface area contributed by atoms with Crippen molar-refractivity contribution in [3.8, 4) is 5.88 Å². The van der Waals surface area contributed by atoms with Crippen molar-refractivity contribution in [1.82, 2.24) is 4.98 Å². The van der Waals surface area contributed by atoms with Crippen LogP contribution in [0, 0.1) is 17.0 Å². The van der Waals surface area contributed by atoms with Crippen molar-refractivity contribution in [1.29, 1.82) is 0 Å². The van der Waals surface area contributed by atoms with E-state index in [1.165, 1.54) is 18.2 Å². The molecule has 3 rings (SSSR count). The van der Waals surface area contributed by atoms with Gasteiger partial charge < -0.3 is 10.1 Å². The lowest BCUT2D eigenvalue weighted by molar-refractivity contribution is -0.384. The molecule has 2 aromatic carbocycles. The molecule has 9 heteroatoms. The molecular weight excluding hydrogens is 348 g/mol. The summed E-state index contributed by atoms with van der Waals surface area (Å²) in [7, 11) is 0. The predicted molar refractivity (Wildman–Crippen MR) is 91.7 cm³/mol. The second-order valence-corrected chi connectivity index (χ2v) is 5.66. The molecule has 8 nitrogen and oxygen atoms in total. The standard InChI is InChI=1S/C16H11ClN4O4/c1-8-5-6-11(17)12-13(8)18-16(23)14(12)19-20-15(22)9-3-2-4-10(7-9)21(24)25/h2-7,18,23H,1H3. The normalized spacial score (nSPS) is 11.3. The van der Waals surface area contributed by atoms with Gasteiger partial charge in [0.25, 0.3) is 11.6 Å². The summed E-state index contributed by atoms with van der Waals surface area (Å²) in [5.74, 6) is -1.05. The van der Waals surface area contributed by atoms with E-state index in [9.17, 15) is 20.0 Å². The zero-order chi connectivity index (χ0) is 18.1. The summed E-state index contributed by atoms with van der Waals surface area (Å²) in [6.45, 7) is 1.82. The van der Waals surface area contributed by atoms with Crippen molar-refractivity contribution >= 4 is 39.8 Å². The van der Waals surface area contributed by atoms with E-state index < -0.39 is 10.8 Å². The van der Waals surface area contributed by atoms with Crippen molar-refractivity contribution in [2.75, 3.05) is 0 Å². The van der Waals surface area contributed by atoms with Gasteiger partial charge in [-0.1, -0.05) is 23.7 Å². The molecule has 3 aromatic rings. The molecular formula is C16H11ClN4O4. The Morgan fingerprint density at radius 1 is 1.32 bits per heavy atom. The van der Waals surface area contributed by atoms with Gasteiger partial charge in [0, 0.05) is 12.1 Å².